The number of aromatic nitrogens is 1. The Morgan fingerprint density at radius 3 is 2.44 bits per heavy atom. The van der Waals surface area contributed by atoms with E-state index in [2.05, 4.69) is 10.3 Å². The van der Waals surface area contributed by atoms with Gasteiger partial charge in [-0.1, -0.05) is 6.92 Å². The molecule has 0 saturated carbocycles. The van der Waals surface area contributed by atoms with Gasteiger partial charge >= 0.3 is 6.18 Å². The number of hydrogen-bond donors (Lipinski definition) is 1. The molecule has 104 valence electrons. The Hall–Kier alpha value is -0.620. The maximum Gasteiger partial charge on any atom is 0.389 e. The quantitative estimate of drug-likeness (QED) is 0.861. The SMILES string of the molecule is CCNC(CCC(F)(F)F)Cc1nc(C)c(C)s1. The standard InChI is InChI=1S/C12H19F3N2S/c1-4-16-10(5-6-12(13,14)15)7-11-17-8(2)9(3)18-11/h10,16H,4-7H2,1-3H3. The minimum atomic E-state index is -4.08. The number of alkyl halides is 3. The van der Waals surface area contributed by atoms with Crippen LogP contribution in [0.3, 0.4) is 0 Å². The molecule has 1 N–H and O–H groups in total. The molecule has 0 aromatic carbocycles. The first kappa shape index (κ1) is 15.4. The summed E-state index contributed by atoms with van der Waals surface area (Å²) in [5.74, 6) is 0. The van der Waals surface area contributed by atoms with Crippen LogP contribution in [0, 0.1) is 13.8 Å². The van der Waals surface area contributed by atoms with Crippen molar-refractivity contribution in [1.29, 1.82) is 0 Å². The normalized spacial score (nSPS) is 13.9. The highest BCUT2D eigenvalue weighted by Crippen LogP contribution is 2.24. The zero-order valence-corrected chi connectivity index (χ0v) is 11.7. The number of nitrogens with one attached hydrogen (secondary N) is 1. The highest BCUT2D eigenvalue weighted by Gasteiger charge is 2.28. The lowest BCUT2D eigenvalue weighted by Crippen LogP contribution is -2.32. The molecule has 1 aromatic rings. The zero-order chi connectivity index (χ0) is 13.8. The molecule has 1 rings (SSSR count). The summed E-state index contributed by atoms with van der Waals surface area (Å²) < 4.78 is 36.7. The van der Waals surface area contributed by atoms with Crippen molar-refractivity contribution >= 4 is 11.3 Å². The van der Waals surface area contributed by atoms with Gasteiger partial charge in [0.05, 0.1) is 10.7 Å². The molecule has 6 heteroatoms. The average Bonchev–Trinajstić information content (AvgIpc) is 2.54. The van der Waals surface area contributed by atoms with Crippen LogP contribution in [0.2, 0.25) is 0 Å². The van der Waals surface area contributed by atoms with Crippen LogP contribution in [0.4, 0.5) is 13.2 Å². The van der Waals surface area contributed by atoms with Gasteiger partial charge in [0, 0.05) is 23.8 Å². The monoisotopic (exact) mass is 280 g/mol. The van der Waals surface area contributed by atoms with Gasteiger partial charge in [-0.2, -0.15) is 13.2 Å². The van der Waals surface area contributed by atoms with Crippen molar-refractivity contribution in [3.05, 3.63) is 15.6 Å². The second kappa shape index (κ2) is 6.52. The number of rotatable bonds is 6. The van der Waals surface area contributed by atoms with Crippen molar-refractivity contribution in [2.45, 2.75) is 52.3 Å². The molecule has 0 aliphatic heterocycles. The highest BCUT2D eigenvalue weighted by molar-refractivity contribution is 7.11. The summed E-state index contributed by atoms with van der Waals surface area (Å²) in [5.41, 5.74) is 0.973. The number of halogens is 3. The van der Waals surface area contributed by atoms with Crippen molar-refractivity contribution in [3.63, 3.8) is 0 Å². The molecule has 0 amide bonds. The minimum Gasteiger partial charge on any atom is -0.314 e. The maximum atomic E-state index is 12.2. The van der Waals surface area contributed by atoms with E-state index >= 15 is 0 Å². The number of nitrogens with zero attached hydrogens (tertiary/aromatic N) is 1. The van der Waals surface area contributed by atoms with Crippen LogP contribution in [0.5, 0.6) is 0 Å². The van der Waals surface area contributed by atoms with Crippen LogP contribution in [-0.2, 0) is 6.42 Å². The Balaban J connectivity index is 2.57. The second-order valence-electron chi connectivity index (χ2n) is 4.36. The van der Waals surface area contributed by atoms with E-state index in [-0.39, 0.29) is 12.5 Å². The first-order chi connectivity index (χ1) is 8.31. The fourth-order valence-corrected chi connectivity index (χ4v) is 2.75. The lowest BCUT2D eigenvalue weighted by atomic mass is 10.1. The fourth-order valence-electron chi connectivity index (χ4n) is 1.74. The summed E-state index contributed by atoms with van der Waals surface area (Å²) >= 11 is 1.57. The van der Waals surface area contributed by atoms with E-state index in [1.807, 2.05) is 20.8 Å². The smallest absolute Gasteiger partial charge is 0.314 e. The summed E-state index contributed by atoms with van der Waals surface area (Å²) in [7, 11) is 0. The minimum absolute atomic E-state index is 0.106. The van der Waals surface area contributed by atoms with Gasteiger partial charge in [-0.25, -0.2) is 4.98 Å². The molecule has 0 fully saturated rings. The van der Waals surface area contributed by atoms with Crippen LogP contribution >= 0.6 is 11.3 Å². The van der Waals surface area contributed by atoms with E-state index in [0.717, 1.165) is 15.6 Å². The van der Waals surface area contributed by atoms with Crippen LogP contribution in [0.25, 0.3) is 0 Å². The summed E-state index contributed by atoms with van der Waals surface area (Å²) in [5, 5.41) is 4.01. The van der Waals surface area contributed by atoms with Crippen molar-refractivity contribution in [2.75, 3.05) is 6.54 Å². The van der Waals surface area contributed by atoms with Crippen molar-refractivity contribution in [1.82, 2.24) is 10.3 Å². The van der Waals surface area contributed by atoms with Crippen LogP contribution in [-0.4, -0.2) is 23.7 Å². The molecule has 1 atom stereocenters. The molecule has 0 spiro atoms. The third kappa shape index (κ3) is 5.35. The van der Waals surface area contributed by atoms with Gasteiger partial charge in [-0.05, 0) is 26.8 Å². The molecular weight excluding hydrogens is 261 g/mol. The van der Waals surface area contributed by atoms with E-state index in [1.54, 1.807) is 11.3 Å². The van der Waals surface area contributed by atoms with Gasteiger partial charge in [0.15, 0.2) is 0 Å². The van der Waals surface area contributed by atoms with Crippen molar-refractivity contribution in [3.8, 4) is 0 Å². The van der Waals surface area contributed by atoms with E-state index in [1.165, 1.54) is 0 Å². The van der Waals surface area contributed by atoms with E-state index in [9.17, 15) is 13.2 Å². The molecule has 1 aromatic heterocycles. The predicted molar refractivity (Wildman–Crippen MR) is 68.0 cm³/mol. The van der Waals surface area contributed by atoms with Gasteiger partial charge in [0.25, 0.3) is 0 Å². The molecular formula is C12H19F3N2S. The Morgan fingerprint density at radius 1 is 1.33 bits per heavy atom. The summed E-state index contributed by atoms with van der Waals surface area (Å²) in [6.45, 7) is 6.48. The van der Waals surface area contributed by atoms with Gasteiger partial charge in [0.1, 0.15) is 0 Å². The van der Waals surface area contributed by atoms with Gasteiger partial charge in [-0.3, -0.25) is 0 Å². The Morgan fingerprint density at radius 2 is 2.00 bits per heavy atom. The van der Waals surface area contributed by atoms with Gasteiger partial charge in [-0.15, -0.1) is 11.3 Å². The maximum absolute atomic E-state index is 12.2. The zero-order valence-electron chi connectivity index (χ0n) is 10.9. The molecule has 1 unspecified atom stereocenters. The third-order valence-corrected chi connectivity index (χ3v) is 3.86. The molecule has 0 radical (unpaired) electrons. The van der Waals surface area contributed by atoms with Crippen LogP contribution in [0.1, 0.15) is 35.3 Å². The molecule has 18 heavy (non-hydrogen) atoms. The number of likely N-dealkylation sites (N-methyl/N-ethyl adjacent to an activating group) is 1. The van der Waals surface area contributed by atoms with Crippen molar-refractivity contribution in [2.24, 2.45) is 0 Å². The van der Waals surface area contributed by atoms with Crippen molar-refractivity contribution < 1.29 is 13.2 Å². The van der Waals surface area contributed by atoms with Crippen LogP contribution < -0.4 is 5.32 Å². The largest absolute Gasteiger partial charge is 0.389 e. The molecule has 0 aliphatic rings. The molecule has 0 bridgehead atoms. The van der Waals surface area contributed by atoms with E-state index in [4.69, 9.17) is 0 Å². The van der Waals surface area contributed by atoms with E-state index in [0.29, 0.717) is 13.0 Å². The first-order valence-corrected chi connectivity index (χ1v) is 6.86. The topological polar surface area (TPSA) is 24.9 Å². The Labute approximate surface area is 110 Å². The van der Waals surface area contributed by atoms with E-state index < -0.39 is 12.6 Å². The summed E-state index contributed by atoms with van der Waals surface area (Å²) in [6.07, 6.45) is -4.14. The lowest BCUT2D eigenvalue weighted by Gasteiger charge is -2.17. The first-order valence-electron chi connectivity index (χ1n) is 6.05. The summed E-state index contributed by atoms with van der Waals surface area (Å²) in [4.78, 5) is 5.51. The van der Waals surface area contributed by atoms with Gasteiger partial charge < -0.3 is 5.32 Å². The predicted octanol–water partition coefficient (Wildman–Crippen LogP) is 3.62. The average molecular weight is 280 g/mol. The third-order valence-electron chi connectivity index (χ3n) is 2.76. The van der Waals surface area contributed by atoms with Crippen LogP contribution in [0.15, 0.2) is 0 Å². The molecule has 2 nitrogen and oxygen atoms in total. The lowest BCUT2D eigenvalue weighted by molar-refractivity contribution is -0.136. The molecule has 1 heterocycles. The number of thiazole rings is 1. The summed E-state index contributed by atoms with van der Waals surface area (Å²) in [6, 6.07) is -0.151. The Kier molecular flexibility index (Phi) is 5.59. The molecule has 0 aliphatic carbocycles. The fraction of sp³-hybridized carbons (Fsp3) is 0.750. The highest BCUT2D eigenvalue weighted by atomic mass is 32.1. The molecule has 0 saturated heterocycles. The Bertz CT molecular complexity index is 354. The second-order valence-corrected chi connectivity index (χ2v) is 5.65. The number of aryl methyl sites for hydroxylation is 2. The number of hydrogen-bond acceptors (Lipinski definition) is 3. The van der Waals surface area contributed by atoms with Gasteiger partial charge in [0.2, 0.25) is 0 Å².